The highest BCUT2D eigenvalue weighted by Crippen LogP contribution is 2.24. The average molecular weight is 248 g/mol. The van der Waals surface area contributed by atoms with Crippen LogP contribution in [0.15, 0.2) is 24.3 Å². The molecule has 96 valence electrons. The smallest absolute Gasteiger partial charge is 0.223 e. The van der Waals surface area contributed by atoms with E-state index in [1.807, 2.05) is 24.3 Å². The number of benzene rings is 1. The predicted octanol–water partition coefficient (Wildman–Crippen LogP) is -0.206. The summed E-state index contributed by atoms with van der Waals surface area (Å²) in [5, 5.41) is 10.8. The molecule has 5 heteroatoms. The molecule has 1 atom stereocenters. The van der Waals surface area contributed by atoms with Gasteiger partial charge in [0.15, 0.2) is 0 Å². The van der Waals surface area contributed by atoms with Gasteiger partial charge in [0.25, 0.3) is 0 Å². The molecule has 1 aromatic carbocycles. The van der Waals surface area contributed by atoms with Crippen LogP contribution >= 0.6 is 0 Å². The third kappa shape index (κ3) is 2.45. The number of ether oxygens (including phenoxy) is 1. The molecule has 0 radical (unpaired) electrons. The van der Waals surface area contributed by atoms with Crippen molar-refractivity contribution in [3.8, 4) is 5.75 Å². The lowest BCUT2D eigenvalue weighted by Gasteiger charge is -2.18. The molecular weight excluding hydrogens is 234 g/mol. The first-order valence-corrected chi connectivity index (χ1v) is 5.72. The highest BCUT2D eigenvalue weighted by Gasteiger charge is 2.30. The molecule has 1 saturated heterocycles. The Morgan fingerprint density at radius 2 is 2.22 bits per heavy atom. The van der Waals surface area contributed by atoms with Gasteiger partial charge in [0.1, 0.15) is 5.75 Å². The summed E-state index contributed by atoms with van der Waals surface area (Å²) in [5.74, 6) is -1.32. The number of carbonyl (C=O) groups is 2. The summed E-state index contributed by atoms with van der Waals surface area (Å²) in [6.07, 6.45) is 0.0253. The van der Waals surface area contributed by atoms with E-state index in [4.69, 9.17) is 4.74 Å². The van der Waals surface area contributed by atoms with E-state index >= 15 is 0 Å². The van der Waals surface area contributed by atoms with Crippen LogP contribution in [0, 0.1) is 5.92 Å². The number of likely N-dealkylation sites (tertiary alicyclic amines) is 1. The number of para-hydroxylation sites is 1. The van der Waals surface area contributed by atoms with Gasteiger partial charge in [0, 0.05) is 37.0 Å². The Kier molecular flexibility index (Phi) is 3.50. The number of rotatable bonds is 4. The van der Waals surface area contributed by atoms with Crippen molar-refractivity contribution >= 4 is 11.9 Å². The van der Waals surface area contributed by atoms with E-state index in [1.54, 1.807) is 7.11 Å². The lowest BCUT2D eigenvalue weighted by molar-refractivity contribution is -0.311. The second kappa shape index (κ2) is 5.08. The zero-order chi connectivity index (χ0) is 13.1. The Bertz CT molecular complexity index is 472. The number of hydrogen-bond acceptors (Lipinski definition) is 4. The van der Waals surface area contributed by atoms with E-state index in [0.717, 1.165) is 5.56 Å². The molecule has 0 saturated carbocycles. The molecule has 2 rings (SSSR count). The molecule has 1 aromatic rings. The minimum atomic E-state index is -1.16. The topological polar surface area (TPSA) is 69.7 Å². The predicted molar refractivity (Wildman–Crippen MR) is 61.5 cm³/mol. The molecule has 0 bridgehead atoms. The van der Waals surface area contributed by atoms with Gasteiger partial charge >= 0.3 is 0 Å². The number of carboxylic acid groups (broad SMARTS) is 1. The first-order valence-electron chi connectivity index (χ1n) is 5.72. The van der Waals surface area contributed by atoms with Crippen LogP contribution in [0.5, 0.6) is 5.75 Å². The van der Waals surface area contributed by atoms with Crippen molar-refractivity contribution < 1.29 is 19.4 Å². The van der Waals surface area contributed by atoms with Crippen LogP contribution in [0.4, 0.5) is 0 Å². The Balaban J connectivity index is 2.10. The molecule has 18 heavy (non-hydrogen) atoms. The van der Waals surface area contributed by atoms with Crippen molar-refractivity contribution in [2.24, 2.45) is 5.92 Å². The normalized spacial score (nSPS) is 19.1. The van der Waals surface area contributed by atoms with E-state index in [-0.39, 0.29) is 18.9 Å². The second-order valence-corrected chi connectivity index (χ2v) is 4.31. The number of methoxy groups -OCH3 is 1. The summed E-state index contributed by atoms with van der Waals surface area (Å²) >= 11 is 0. The van der Waals surface area contributed by atoms with E-state index in [2.05, 4.69) is 0 Å². The summed E-state index contributed by atoms with van der Waals surface area (Å²) in [6, 6.07) is 7.37. The molecule has 0 aromatic heterocycles. The maximum absolute atomic E-state index is 11.7. The molecular formula is C13H14NO4-. The van der Waals surface area contributed by atoms with Gasteiger partial charge in [-0.2, -0.15) is 0 Å². The standard InChI is InChI=1S/C13H15NO4/c1-18-11-5-3-2-4-9(11)7-14-8-10(13(16)17)6-12(14)15/h2-5,10H,6-8H2,1H3,(H,16,17)/p-1/t10-/m1/s1. The van der Waals surface area contributed by atoms with Crippen molar-refractivity contribution in [1.29, 1.82) is 0 Å². The largest absolute Gasteiger partial charge is 0.550 e. The molecule has 1 amide bonds. The molecule has 1 aliphatic rings. The van der Waals surface area contributed by atoms with Crippen molar-refractivity contribution in [1.82, 2.24) is 4.90 Å². The van der Waals surface area contributed by atoms with E-state index < -0.39 is 11.9 Å². The third-order valence-corrected chi connectivity index (χ3v) is 3.10. The quantitative estimate of drug-likeness (QED) is 0.739. The van der Waals surface area contributed by atoms with Crippen molar-refractivity contribution in [2.75, 3.05) is 13.7 Å². The zero-order valence-electron chi connectivity index (χ0n) is 10.1. The van der Waals surface area contributed by atoms with Crippen molar-refractivity contribution in [2.45, 2.75) is 13.0 Å². The SMILES string of the molecule is COc1ccccc1CN1C[C@H](C(=O)[O-])CC1=O. The van der Waals surface area contributed by atoms with Gasteiger partial charge in [-0.3, -0.25) is 4.79 Å². The van der Waals surface area contributed by atoms with Crippen LogP contribution < -0.4 is 9.84 Å². The fraction of sp³-hybridized carbons (Fsp3) is 0.385. The molecule has 1 fully saturated rings. The number of aliphatic carboxylic acids is 1. The van der Waals surface area contributed by atoms with Crippen LogP contribution in [0.1, 0.15) is 12.0 Å². The lowest BCUT2D eigenvalue weighted by atomic mass is 10.1. The van der Waals surface area contributed by atoms with Crippen molar-refractivity contribution in [3.63, 3.8) is 0 Å². The first kappa shape index (κ1) is 12.4. The van der Waals surface area contributed by atoms with Gasteiger partial charge in [-0.1, -0.05) is 18.2 Å². The molecule has 0 N–H and O–H groups in total. The summed E-state index contributed by atoms with van der Waals surface area (Å²) in [6.45, 7) is 0.575. The van der Waals surface area contributed by atoms with E-state index in [0.29, 0.717) is 12.3 Å². The van der Waals surface area contributed by atoms with Crippen molar-refractivity contribution in [3.05, 3.63) is 29.8 Å². The van der Waals surface area contributed by atoms with E-state index in [9.17, 15) is 14.7 Å². The van der Waals surface area contributed by atoms with Gasteiger partial charge < -0.3 is 19.5 Å². The number of hydrogen-bond donors (Lipinski definition) is 0. The number of carbonyl (C=O) groups excluding carboxylic acids is 2. The molecule has 0 aliphatic carbocycles. The second-order valence-electron chi connectivity index (χ2n) is 4.31. The lowest BCUT2D eigenvalue weighted by Crippen LogP contribution is -2.33. The van der Waals surface area contributed by atoms with Gasteiger partial charge in [-0.25, -0.2) is 0 Å². The van der Waals surface area contributed by atoms with Gasteiger partial charge in [-0.15, -0.1) is 0 Å². The number of nitrogens with zero attached hydrogens (tertiary/aromatic N) is 1. The van der Waals surface area contributed by atoms with Gasteiger partial charge in [-0.05, 0) is 6.07 Å². The van der Waals surface area contributed by atoms with Crippen LogP contribution in [0.2, 0.25) is 0 Å². The third-order valence-electron chi connectivity index (χ3n) is 3.10. The summed E-state index contributed by atoms with van der Waals surface area (Å²) < 4.78 is 5.20. The Morgan fingerprint density at radius 3 is 2.83 bits per heavy atom. The molecule has 0 unspecified atom stereocenters. The zero-order valence-corrected chi connectivity index (χ0v) is 10.1. The minimum absolute atomic E-state index is 0.0253. The highest BCUT2D eigenvalue weighted by molar-refractivity contribution is 5.85. The molecule has 1 heterocycles. The summed E-state index contributed by atoms with van der Waals surface area (Å²) in [5.41, 5.74) is 0.868. The summed E-state index contributed by atoms with van der Waals surface area (Å²) in [4.78, 5) is 24.0. The first-order chi connectivity index (χ1) is 8.61. The Morgan fingerprint density at radius 1 is 1.50 bits per heavy atom. The maximum Gasteiger partial charge on any atom is 0.223 e. The average Bonchev–Trinajstić information content (AvgIpc) is 2.72. The Labute approximate surface area is 105 Å². The van der Waals surface area contributed by atoms with Crippen LogP contribution in [0.25, 0.3) is 0 Å². The molecule has 5 nitrogen and oxygen atoms in total. The van der Waals surface area contributed by atoms with Gasteiger partial charge in [0.05, 0.1) is 7.11 Å². The maximum atomic E-state index is 11.7. The number of amides is 1. The van der Waals surface area contributed by atoms with Crippen LogP contribution in [0.3, 0.4) is 0 Å². The fourth-order valence-corrected chi connectivity index (χ4v) is 2.12. The van der Waals surface area contributed by atoms with Crippen LogP contribution in [-0.4, -0.2) is 30.4 Å². The number of carboxylic acids is 1. The van der Waals surface area contributed by atoms with Crippen LogP contribution in [-0.2, 0) is 16.1 Å². The van der Waals surface area contributed by atoms with Gasteiger partial charge in [0.2, 0.25) is 5.91 Å². The molecule has 1 aliphatic heterocycles. The monoisotopic (exact) mass is 248 g/mol. The minimum Gasteiger partial charge on any atom is -0.550 e. The Hall–Kier alpha value is -2.04. The fourth-order valence-electron chi connectivity index (χ4n) is 2.12. The summed E-state index contributed by atoms with van der Waals surface area (Å²) in [7, 11) is 1.56. The highest BCUT2D eigenvalue weighted by atomic mass is 16.5. The molecule has 0 spiro atoms. The van der Waals surface area contributed by atoms with E-state index in [1.165, 1.54) is 4.90 Å².